The van der Waals surface area contributed by atoms with Crippen molar-refractivity contribution in [3.8, 4) is 5.75 Å². The fraction of sp³-hybridized carbons (Fsp3) is 0.240. The molecule has 0 aliphatic heterocycles. The van der Waals surface area contributed by atoms with Crippen molar-refractivity contribution < 1.29 is 18.6 Å². The van der Waals surface area contributed by atoms with Crippen LogP contribution in [0.5, 0.6) is 5.75 Å². The van der Waals surface area contributed by atoms with Crippen LogP contribution in [0.4, 0.5) is 25.8 Å². The van der Waals surface area contributed by atoms with Gasteiger partial charge in [-0.15, -0.1) is 0 Å². The number of ether oxygens (including phenoxy) is 1. The van der Waals surface area contributed by atoms with Gasteiger partial charge in [0.2, 0.25) is 0 Å². The first-order chi connectivity index (χ1) is 16.0. The maximum Gasteiger partial charge on any atom is 0.151 e. The summed E-state index contributed by atoms with van der Waals surface area (Å²) in [6, 6.07) is 10.0. The Bertz CT molecular complexity index is 1300. The Morgan fingerprint density at radius 3 is 2.79 bits per heavy atom. The highest BCUT2D eigenvalue weighted by molar-refractivity contribution is 5.84. The first kappa shape index (κ1) is 21.2. The van der Waals surface area contributed by atoms with Crippen LogP contribution in [0.15, 0.2) is 48.8 Å². The number of pyridine rings is 1. The van der Waals surface area contributed by atoms with Gasteiger partial charge in [-0.25, -0.2) is 8.78 Å². The van der Waals surface area contributed by atoms with Crippen molar-refractivity contribution in [3.63, 3.8) is 0 Å². The highest BCUT2D eigenvalue weighted by Gasteiger charge is 2.24. The largest absolute Gasteiger partial charge is 0.497 e. The van der Waals surface area contributed by atoms with Crippen LogP contribution in [-0.2, 0) is 12.8 Å². The quantitative estimate of drug-likeness (QED) is 0.310. The zero-order valence-corrected chi connectivity index (χ0v) is 18.1. The van der Waals surface area contributed by atoms with E-state index in [9.17, 15) is 13.9 Å². The fourth-order valence-electron chi connectivity index (χ4n) is 4.38. The maximum atomic E-state index is 14.7. The third-order valence-corrected chi connectivity index (χ3v) is 6.06. The first-order valence-electron chi connectivity index (χ1n) is 10.8. The van der Waals surface area contributed by atoms with E-state index >= 15 is 0 Å². The topological polar surface area (TPSA) is 82.2 Å². The molecule has 1 aliphatic carbocycles. The number of anilines is 3. The zero-order valence-electron chi connectivity index (χ0n) is 18.1. The number of nitrogens with zero attached hydrogens (tertiary/aromatic N) is 1. The van der Waals surface area contributed by atoms with Gasteiger partial charge in [-0.05, 0) is 60.7 Å². The molecule has 1 aliphatic rings. The number of aromatic amines is 1. The van der Waals surface area contributed by atoms with Crippen molar-refractivity contribution in [1.82, 2.24) is 9.97 Å². The van der Waals surface area contributed by atoms with Crippen molar-refractivity contribution in [2.75, 3.05) is 24.3 Å². The number of aliphatic hydroxyl groups excluding tert-OH is 1. The Kier molecular flexibility index (Phi) is 5.60. The zero-order chi connectivity index (χ0) is 22.9. The first-order valence-corrected chi connectivity index (χ1v) is 10.8. The van der Waals surface area contributed by atoms with E-state index in [2.05, 4.69) is 20.6 Å². The molecule has 0 saturated heterocycles. The van der Waals surface area contributed by atoms with Gasteiger partial charge in [0.1, 0.15) is 11.4 Å². The normalized spacial score (nSPS) is 15.0. The summed E-state index contributed by atoms with van der Waals surface area (Å²) < 4.78 is 34.7. The third kappa shape index (κ3) is 4.09. The molecule has 170 valence electrons. The number of nitrogens with one attached hydrogen (secondary N) is 3. The molecule has 0 radical (unpaired) electrons. The molecule has 0 fully saturated rings. The molecule has 1 unspecified atom stereocenters. The van der Waals surface area contributed by atoms with Crippen LogP contribution in [-0.4, -0.2) is 28.7 Å². The van der Waals surface area contributed by atoms with Gasteiger partial charge in [-0.3, -0.25) is 4.98 Å². The molecule has 0 saturated carbocycles. The van der Waals surface area contributed by atoms with Gasteiger partial charge in [-0.2, -0.15) is 0 Å². The highest BCUT2D eigenvalue weighted by Crippen LogP contribution is 2.36. The number of fused-ring (bicyclic) bond motifs is 2. The van der Waals surface area contributed by atoms with Crippen molar-refractivity contribution >= 4 is 28.0 Å². The summed E-state index contributed by atoms with van der Waals surface area (Å²) in [6.07, 6.45) is 4.74. The van der Waals surface area contributed by atoms with Gasteiger partial charge in [0.05, 0.1) is 18.9 Å². The number of methoxy groups -OCH3 is 1. The Balaban J connectivity index is 1.28. The minimum atomic E-state index is -0.674. The van der Waals surface area contributed by atoms with Gasteiger partial charge >= 0.3 is 0 Å². The van der Waals surface area contributed by atoms with E-state index in [-0.39, 0.29) is 5.69 Å². The van der Waals surface area contributed by atoms with Crippen molar-refractivity contribution in [3.05, 3.63) is 77.2 Å². The molecule has 2 heterocycles. The fourth-order valence-corrected chi connectivity index (χ4v) is 4.38. The van der Waals surface area contributed by atoms with Crippen LogP contribution >= 0.6 is 0 Å². The molecule has 0 bridgehead atoms. The highest BCUT2D eigenvalue weighted by atomic mass is 19.1. The lowest BCUT2D eigenvalue weighted by Crippen LogP contribution is -2.09. The molecule has 4 N–H and O–H groups in total. The molecule has 0 amide bonds. The average Bonchev–Trinajstić information content (AvgIpc) is 3.39. The van der Waals surface area contributed by atoms with E-state index < -0.39 is 17.7 Å². The lowest BCUT2D eigenvalue weighted by atomic mass is 10.1. The molecule has 6 nitrogen and oxygen atoms in total. The number of aliphatic hydroxyl groups is 1. The molecular weight excluding hydrogens is 426 g/mol. The summed E-state index contributed by atoms with van der Waals surface area (Å²) in [4.78, 5) is 7.42. The predicted molar refractivity (Wildman–Crippen MR) is 124 cm³/mol. The van der Waals surface area contributed by atoms with Crippen LogP contribution in [0.25, 0.3) is 10.9 Å². The van der Waals surface area contributed by atoms with Crippen molar-refractivity contribution in [2.24, 2.45) is 0 Å². The Labute approximate surface area is 189 Å². The van der Waals surface area contributed by atoms with E-state index in [1.807, 2.05) is 24.4 Å². The Morgan fingerprint density at radius 1 is 1.18 bits per heavy atom. The van der Waals surface area contributed by atoms with E-state index in [4.69, 9.17) is 4.74 Å². The SMILES string of the molecule is COc1ccc2c(CCNc3c(F)cc(Nc4ccnc5c4CCC5O)cc3F)c[nH]c2c1. The van der Waals surface area contributed by atoms with Gasteiger partial charge < -0.3 is 25.5 Å². The Morgan fingerprint density at radius 2 is 2.00 bits per heavy atom. The van der Waals surface area contributed by atoms with Crippen LogP contribution in [0.3, 0.4) is 0 Å². The molecule has 2 aromatic carbocycles. The summed E-state index contributed by atoms with van der Waals surface area (Å²) in [6.45, 7) is 0.370. The smallest absolute Gasteiger partial charge is 0.151 e. The van der Waals surface area contributed by atoms with E-state index in [1.165, 1.54) is 12.1 Å². The number of halogens is 2. The van der Waals surface area contributed by atoms with E-state index in [0.29, 0.717) is 42.9 Å². The second-order valence-electron chi connectivity index (χ2n) is 8.12. The lowest BCUT2D eigenvalue weighted by molar-refractivity contribution is 0.176. The van der Waals surface area contributed by atoms with Gasteiger partial charge in [0, 0.05) is 47.3 Å². The van der Waals surface area contributed by atoms with Crippen LogP contribution < -0.4 is 15.4 Å². The summed E-state index contributed by atoms with van der Waals surface area (Å²) in [5, 5.41) is 17.0. The summed E-state index contributed by atoms with van der Waals surface area (Å²) in [5.41, 5.74) is 4.35. The Hall–Kier alpha value is -3.65. The molecule has 4 aromatic rings. The molecule has 1 atom stereocenters. The molecule has 8 heteroatoms. The van der Waals surface area contributed by atoms with E-state index in [0.717, 1.165) is 27.8 Å². The van der Waals surface area contributed by atoms with Gasteiger partial charge in [-0.1, -0.05) is 0 Å². The third-order valence-electron chi connectivity index (χ3n) is 6.06. The summed E-state index contributed by atoms with van der Waals surface area (Å²) in [7, 11) is 1.62. The molecule has 2 aromatic heterocycles. The number of hydrogen-bond acceptors (Lipinski definition) is 5. The maximum absolute atomic E-state index is 14.7. The monoisotopic (exact) mass is 450 g/mol. The standard InChI is InChI=1S/C25H24F2N4O2/c1-33-16-2-3-17-14(13-30-22(17)12-16)6-8-29-25-19(26)10-15(11-20(25)27)31-21-7-9-28-24-18(21)4-5-23(24)32/h2-3,7,9-13,23,29-30,32H,4-6,8H2,1H3,(H,28,31). The molecule has 33 heavy (non-hydrogen) atoms. The van der Waals surface area contributed by atoms with Crippen LogP contribution in [0.1, 0.15) is 29.3 Å². The minimum Gasteiger partial charge on any atom is -0.497 e. The van der Waals surface area contributed by atoms with Crippen molar-refractivity contribution in [2.45, 2.75) is 25.4 Å². The average molecular weight is 450 g/mol. The number of rotatable bonds is 7. The number of aromatic nitrogens is 2. The van der Waals surface area contributed by atoms with Crippen LogP contribution in [0, 0.1) is 11.6 Å². The number of benzene rings is 2. The van der Waals surface area contributed by atoms with Gasteiger partial charge in [0.15, 0.2) is 11.6 Å². The van der Waals surface area contributed by atoms with Crippen LogP contribution in [0.2, 0.25) is 0 Å². The molecular formula is C25H24F2N4O2. The second-order valence-corrected chi connectivity index (χ2v) is 8.12. The predicted octanol–water partition coefficient (Wildman–Crippen LogP) is 5.23. The van der Waals surface area contributed by atoms with E-state index in [1.54, 1.807) is 19.4 Å². The van der Waals surface area contributed by atoms with Gasteiger partial charge in [0.25, 0.3) is 0 Å². The summed E-state index contributed by atoms with van der Waals surface area (Å²) >= 11 is 0. The summed E-state index contributed by atoms with van der Waals surface area (Å²) in [5.74, 6) is -0.585. The minimum absolute atomic E-state index is 0.155. The number of hydrogen-bond donors (Lipinski definition) is 4. The molecule has 0 spiro atoms. The van der Waals surface area contributed by atoms with Crippen molar-refractivity contribution in [1.29, 1.82) is 0 Å². The number of H-pyrrole nitrogens is 1. The lowest BCUT2D eigenvalue weighted by Gasteiger charge is -2.14. The molecule has 5 rings (SSSR count). The second kappa shape index (κ2) is 8.71.